The van der Waals surface area contributed by atoms with E-state index in [0.29, 0.717) is 33.4 Å². The lowest BCUT2D eigenvalue weighted by molar-refractivity contribution is 0.669. The van der Waals surface area contributed by atoms with Crippen LogP contribution in [0.25, 0.3) is 87.6 Å². The van der Waals surface area contributed by atoms with Crippen molar-refractivity contribution < 1.29 is 15.4 Å². The second kappa shape index (κ2) is 9.44. The van der Waals surface area contributed by atoms with Gasteiger partial charge < -0.3 is 4.42 Å². The zero-order valence-electron chi connectivity index (χ0n) is 30.8. The van der Waals surface area contributed by atoms with E-state index in [1.165, 1.54) is 0 Å². The summed E-state index contributed by atoms with van der Waals surface area (Å²) in [4.78, 5) is 0. The van der Waals surface area contributed by atoms with Crippen molar-refractivity contribution in [3.8, 4) is 33.4 Å². The highest BCUT2D eigenvalue weighted by Gasteiger charge is 2.18. The molecule has 0 saturated carbocycles. The summed E-state index contributed by atoms with van der Waals surface area (Å²) in [5.41, 5.74) is 5.23. The fraction of sp³-hybridized carbons (Fsp3) is 0. The minimum atomic E-state index is -0.428. The number of hydrogen-bond acceptors (Lipinski definition) is 1. The topological polar surface area (TPSA) is 13.1 Å². The summed E-state index contributed by atoms with van der Waals surface area (Å²) in [5.74, 6) is 0. The molecule has 0 saturated heterocycles. The zero-order chi connectivity index (χ0) is 35.3. The first-order chi connectivity index (χ1) is 24.7. The first-order valence-corrected chi connectivity index (χ1v) is 14.1. The van der Waals surface area contributed by atoms with E-state index in [1.807, 2.05) is 48.5 Å². The Bertz CT molecular complexity index is 2850. The molecular weight excluding hydrogens is 520 g/mol. The SMILES string of the molecule is [2H]c1c([2H])c([2H])c2c(-c3ccc4oc5ccc6cc(-c7ccccc7)ccc6c5c4c3)c3c([2H])c([2H])c([2H])c([2H])c3c(-c3ccccc3)c2c1[2H]. The number of rotatable bonds is 3. The molecule has 0 aliphatic rings. The maximum absolute atomic E-state index is 9.23. The molecular formula is C42H26O. The van der Waals surface area contributed by atoms with E-state index >= 15 is 0 Å². The number of hydrogen-bond donors (Lipinski definition) is 0. The largest absolute Gasteiger partial charge is 0.456 e. The van der Waals surface area contributed by atoms with Gasteiger partial charge in [0.05, 0.1) is 11.0 Å². The third-order valence-corrected chi connectivity index (χ3v) is 8.28. The lowest BCUT2D eigenvalue weighted by atomic mass is 9.85. The smallest absolute Gasteiger partial charge is 0.136 e. The average molecular weight is 555 g/mol. The lowest BCUT2D eigenvalue weighted by Crippen LogP contribution is -1.90. The van der Waals surface area contributed by atoms with E-state index in [-0.39, 0.29) is 45.7 Å². The molecule has 1 heterocycles. The van der Waals surface area contributed by atoms with Gasteiger partial charge in [0.25, 0.3) is 0 Å². The normalized spacial score (nSPS) is 14.3. The summed E-state index contributed by atoms with van der Waals surface area (Å²) in [7, 11) is 0. The van der Waals surface area contributed by atoms with Gasteiger partial charge in [-0.1, -0.05) is 133 Å². The third-order valence-electron chi connectivity index (χ3n) is 8.28. The van der Waals surface area contributed by atoms with Crippen LogP contribution in [0.3, 0.4) is 0 Å². The molecule has 1 nitrogen and oxygen atoms in total. The maximum atomic E-state index is 9.23. The van der Waals surface area contributed by atoms with Crippen molar-refractivity contribution >= 4 is 54.3 Å². The number of furan rings is 1. The minimum Gasteiger partial charge on any atom is -0.456 e. The molecule has 9 aromatic rings. The fourth-order valence-corrected chi connectivity index (χ4v) is 6.38. The van der Waals surface area contributed by atoms with Crippen LogP contribution in [0, 0.1) is 0 Å². The molecule has 9 rings (SSSR count). The Hall–Kier alpha value is -5.66. The van der Waals surface area contributed by atoms with Crippen molar-refractivity contribution in [2.75, 3.05) is 0 Å². The molecule has 0 atom stereocenters. The summed E-state index contributed by atoms with van der Waals surface area (Å²) in [6.07, 6.45) is 0. The van der Waals surface area contributed by atoms with E-state index < -0.39 is 24.2 Å². The highest BCUT2D eigenvalue weighted by molar-refractivity contribution is 6.23. The van der Waals surface area contributed by atoms with Crippen LogP contribution >= 0.6 is 0 Å². The Kier molecular flexibility index (Phi) is 3.80. The van der Waals surface area contributed by atoms with Crippen LogP contribution in [0.2, 0.25) is 0 Å². The summed E-state index contributed by atoms with van der Waals surface area (Å²) >= 11 is 0. The molecule has 0 bridgehead atoms. The first kappa shape index (κ1) is 17.3. The quantitative estimate of drug-likeness (QED) is 0.198. The van der Waals surface area contributed by atoms with Gasteiger partial charge in [0, 0.05) is 10.8 Å². The van der Waals surface area contributed by atoms with Gasteiger partial charge >= 0.3 is 0 Å². The summed E-state index contributed by atoms with van der Waals surface area (Å²) in [6, 6.07) is 32.1. The van der Waals surface area contributed by atoms with E-state index in [9.17, 15) is 2.74 Å². The molecule has 43 heavy (non-hydrogen) atoms. The molecule has 200 valence electrons. The second-order valence-corrected chi connectivity index (χ2v) is 10.7. The Morgan fingerprint density at radius 1 is 0.395 bits per heavy atom. The van der Waals surface area contributed by atoms with Crippen LogP contribution in [-0.4, -0.2) is 0 Å². The van der Waals surface area contributed by atoms with E-state index in [4.69, 9.17) is 12.6 Å². The molecule has 0 radical (unpaired) electrons. The van der Waals surface area contributed by atoms with Gasteiger partial charge in [-0.25, -0.2) is 0 Å². The molecule has 8 aromatic carbocycles. The third kappa shape index (κ3) is 3.72. The van der Waals surface area contributed by atoms with Gasteiger partial charge in [0.1, 0.15) is 11.2 Å². The van der Waals surface area contributed by atoms with Gasteiger partial charge in [-0.15, -0.1) is 0 Å². The Morgan fingerprint density at radius 3 is 1.60 bits per heavy atom. The lowest BCUT2D eigenvalue weighted by Gasteiger charge is -2.17. The predicted molar refractivity (Wildman–Crippen MR) is 183 cm³/mol. The van der Waals surface area contributed by atoms with Gasteiger partial charge in [-0.2, -0.15) is 0 Å². The molecule has 0 N–H and O–H groups in total. The Labute approximate surface area is 260 Å². The van der Waals surface area contributed by atoms with Crippen LogP contribution in [0.4, 0.5) is 0 Å². The molecule has 1 heteroatoms. The van der Waals surface area contributed by atoms with Crippen molar-refractivity contribution in [2.24, 2.45) is 0 Å². The molecule has 0 spiro atoms. The van der Waals surface area contributed by atoms with Crippen LogP contribution in [0.15, 0.2) is 162 Å². The fourth-order valence-electron chi connectivity index (χ4n) is 6.38. The standard InChI is InChI=1S/C42H26O/c1-3-11-27(12-4-1)29-19-22-32-30(25-29)20-24-39-42(32)37-26-31(21-23-38(37)43-39)41-35-17-9-7-15-33(35)40(28-13-5-2-6-14-28)34-16-8-10-18-36(34)41/h1-26H/i7D,8D,9D,10D,15D,16D,17D,18D. The summed E-state index contributed by atoms with van der Waals surface area (Å²) in [6.45, 7) is 0. The first-order valence-electron chi connectivity index (χ1n) is 18.1. The van der Waals surface area contributed by atoms with E-state index in [0.717, 1.165) is 32.7 Å². The monoisotopic (exact) mass is 554 g/mol. The molecule has 1 aromatic heterocycles. The molecule has 0 aliphatic heterocycles. The Morgan fingerprint density at radius 2 is 0.953 bits per heavy atom. The van der Waals surface area contributed by atoms with Crippen LogP contribution in [0.5, 0.6) is 0 Å². The molecule has 0 amide bonds. The summed E-state index contributed by atoms with van der Waals surface area (Å²) in [5, 5.41) is 4.39. The molecule has 0 aliphatic carbocycles. The zero-order valence-corrected chi connectivity index (χ0v) is 22.8. The van der Waals surface area contributed by atoms with Gasteiger partial charge in [0.15, 0.2) is 0 Å². The average Bonchev–Trinajstić information content (AvgIpc) is 3.55. The highest BCUT2D eigenvalue weighted by Crippen LogP contribution is 2.45. The van der Waals surface area contributed by atoms with Crippen molar-refractivity contribution in [2.45, 2.75) is 0 Å². The van der Waals surface area contributed by atoms with Crippen molar-refractivity contribution in [3.63, 3.8) is 0 Å². The van der Waals surface area contributed by atoms with Gasteiger partial charge in [-0.3, -0.25) is 0 Å². The van der Waals surface area contributed by atoms with Crippen molar-refractivity contribution in [3.05, 3.63) is 158 Å². The molecule has 0 fully saturated rings. The molecule has 0 unspecified atom stereocenters. The van der Waals surface area contributed by atoms with E-state index in [2.05, 4.69) is 30.3 Å². The maximum Gasteiger partial charge on any atom is 0.136 e. The van der Waals surface area contributed by atoms with Crippen LogP contribution < -0.4 is 0 Å². The highest BCUT2D eigenvalue weighted by atomic mass is 16.3. The summed E-state index contributed by atoms with van der Waals surface area (Å²) < 4.78 is 77.8. The van der Waals surface area contributed by atoms with Crippen LogP contribution in [0.1, 0.15) is 11.0 Å². The van der Waals surface area contributed by atoms with Gasteiger partial charge in [0.2, 0.25) is 0 Å². The van der Waals surface area contributed by atoms with Crippen molar-refractivity contribution in [1.29, 1.82) is 0 Å². The number of fused-ring (bicyclic) bond motifs is 7. The van der Waals surface area contributed by atoms with Gasteiger partial charge in [-0.05, 0) is 90.0 Å². The van der Waals surface area contributed by atoms with Crippen molar-refractivity contribution in [1.82, 2.24) is 0 Å². The predicted octanol–water partition coefficient (Wildman–Crippen LogP) is 12.0. The Balaban J connectivity index is 1.45. The van der Waals surface area contributed by atoms with E-state index in [1.54, 1.807) is 30.3 Å². The number of benzene rings is 8. The second-order valence-electron chi connectivity index (χ2n) is 10.7. The van der Waals surface area contributed by atoms with Crippen LogP contribution in [-0.2, 0) is 0 Å². The minimum absolute atomic E-state index is 0.182.